The number of nitrogens with zero attached hydrogens (tertiary/aromatic N) is 4. The lowest BCUT2D eigenvalue weighted by Gasteiger charge is -2.30. The van der Waals surface area contributed by atoms with Gasteiger partial charge in [0.05, 0.1) is 30.1 Å². The number of amides is 4. The molecule has 2 aromatic heterocycles. The molecule has 16 heteroatoms. The number of hydrogen-bond donors (Lipinski definition) is 2. The van der Waals surface area contributed by atoms with E-state index in [0.29, 0.717) is 57.5 Å². The molecule has 7 rings (SSSR count). The van der Waals surface area contributed by atoms with Gasteiger partial charge >= 0.3 is 6.03 Å². The number of aromatic nitrogens is 2. The van der Waals surface area contributed by atoms with Crippen LogP contribution in [0.1, 0.15) is 70.4 Å². The first-order valence-electron chi connectivity index (χ1n) is 17.7. The number of fused-ring (bicyclic) bond motifs is 3. The lowest BCUT2D eigenvalue weighted by atomic mass is 10.1. The Hall–Kier alpha value is -3.95. The van der Waals surface area contributed by atoms with E-state index in [1.807, 2.05) is 23.6 Å². The van der Waals surface area contributed by atoms with E-state index < -0.39 is 44.9 Å². The Bertz CT molecular complexity index is 2050. The number of urea groups is 1. The summed E-state index contributed by atoms with van der Waals surface area (Å²) in [6.07, 6.45) is 6.96. The summed E-state index contributed by atoms with van der Waals surface area (Å²) in [5, 5.41) is 5.89. The number of allylic oxidation sites excluding steroid dienone is 1. The number of sulfonamides is 1. The third kappa shape index (κ3) is 7.06. The van der Waals surface area contributed by atoms with Crippen molar-refractivity contribution in [2.75, 3.05) is 27.2 Å². The molecule has 4 aliphatic rings. The molecule has 0 radical (unpaired) electrons. The van der Waals surface area contributed by atoms with Crippen molar-refractivity contribution in [1.29, 1.82) is 0 Å². The highest BCUT2D eigenvalue weighted by Gasteiger charge is 2.62. The summed E-state index contributed by atoms with van der Waals surface area (Å²) < 4.78 is 39.9. The second-order valence-electron chi connectivity index (χ2n) is 14.4. The smallest absolute Gasteiger partial charge is 0.319 e. The van der Waals surface area contributed by atoms with E-state index in [-0.39, 0.29) is 37.1 Å². The van der Waals surface area contributed by atoms with Crippen molar-refractivity contribution in [3.8, 4) is 22.2 Å². The van der Waals surface area contributed by atoms with Crippen molar-refractivity contribution in [2.45, 2.75) is 87.6 Å². The molecular weight excluding hydrogens is 728 g/mol. The number of methoxy groups -OCH3 is 1. The van der Waals surface area contributed by atoms with E-state index in [9.17, 15) is 22.8 Å². The number of likely N-dealkylation sites (N-methyl/N-ethyl adjacent to an activating group) is 1. The van der Waals surface area contributed by atoms with Gasteiger partial charge < -0.3 is 24.6 Å². The monoisotopic (exact) mass is 770 g/mol. The van der Waals surface area contributed by atoms with Gasteiger partial charge in [0.25, 0.3) is 5.91 Å². The molecule has 2 aliphatic heterocycles. The Labute approximate surface area is 312 Å². The molecule has 3 fully saturated rings. The number of nitrogens with one attached hydrogen (secondary N) is 2. The summed E-state index contributed by atoms with van der Waals surface area (Å²) in [4.78, 5) is 54.5. The molecule has 52 heavy (non-hydrogen) atoms. The Balaban J connectivity index is 1.21. The van der Waals surface area contributed by atoms with Crippen molar-refractivity contribution in [1.82, 2.24) is 29.8 Å². The highest BCUT2D eigenvalue weighted by molar-refractivity contribution is 7.91. The van der Waals surface area contributed by atoms with E-state index >= 15 is 0 Å². The molecule has 1 saturated heterocycles. The fraction of sp³-hybridized carbons (Fsp3) is 0.528. The number of ether oxygens (including phenoxy) is 2. The maximum absolute atomic E-state index is 14.2. The van der Waals surface area contributed by atoms with Crippen LogP contribution in [0.4, 0.5) is 4.79 Å². The van der Waals surface area contributed by atoms with Gasteiger partial charge in [-0.1, -0.05) is 37.6 Å². The topological polar surface area (TPSA) is 160 Å². The minimum absolute atomic E-state index is 0.0342. The minimum atomic E-state index is -3.85. The van der Waals surface area contributed by atoms with Gasteiger partial charge in [-0.3, -0.25) is 14.3 Å². The Morgan fingerprint density at radius 3 is 2.67 bits per heavy atom. The van der Waals surface area contributed by atoms with E-state index in [1.54, 1.807) is 24.1 Å². The van der Waals surface area contributed by atoms with Crippen molar-refractivity contribution in [2.24, 2.45) is 5.92 Å². The molecule has 4 amide bonds. The fourth-order valence-corrected chi connectivity index (χ4v) is 9.51. The molecule has 2 N–H and O–H groups in total. The van der Waals surface area contributed by atoms with Crippen LogP contribution < -0.4 is 19.5 Å². The summed E-state index contributed by atoms with van der Waals surface area (Å²) in [6.45, 7) is 4.69. The van der Waals surface area contributed by atoms with Crippen LogP contribution in [-0.4, -0.2) is 96.2 Å². The van der Waals surface area contributed by atoms with Gasteiger partial charge in [0.2, 0.25) is 15.9 Å². The standard InChI is InChI=1S/C36H43ClN6O7S2/c1-20(2)26-19-51-32(39-26)25-16-29(24-12-13-28(49-4)30(37)31(24)38-25)50-22-15-27-33(44)42(3)14-8-6-5-7-9-21-17-36(21,40-35(46)43(27)18-22)34(45)41-52(47,48)23-10-11-23/h7,9,12-13,16,19-23,27H,5-6,8,10-11,14-15,17-18H2,1-4H3,(H,40,46)(H,41,45)/b9-7-/t21-,22+,27+,36-/m1/s1. The van der Waals surface area contributed by atoms with Crippen LogP contribution in [0.5, 0.6) is 11.5 Å². The Morgan fingerprint density at radius 1 is 1.17 bits per heavy atom. The number of benzene rings is 1. The van der Waals surface area contributed by atoms with Gasteiger partial charge in [0.15, 0.2) is 0 Å². The number of rotatable bonds is 8. The molecule has 2 aliphatic carbocycles. The molecule has 4 atom stereocenters. The first-order valence-corrected chi connectivity index (χ1v) is 20.5. The molecule has 0 unspecified atom stereocenters. The van der Waals surface area contributed by atoms with Crippen LogP contribution in [0.15, 0.2) is 35.7 Å². The number of pyridine rings is 1. The van der Waals surface area contributed by atoms with Gasteiger partial charge in [-0.05, 0) is 56.6 Å². The zero-order valence-corrected chi connectivity index (χ0v) is 31.9. The van der Waals surface area contributed by atoms with E-state index in [0.717, 1.165) is 25.0 Å². The minimum Gasteiger partial charge on any atom is -0.495 e. The number of carbonyl (C=O) groups excluding carboxylic acids is 3. The van der Waals surface area contributed by atoms with Gasteiger partial charge in [-0.15, -0.1) is 11.3 Å². The maximum Gasteiger partial charge on any atom is 0.319 e. The van der Waals surface area contributed by atoms with Gasteiger partial charge in [-0.25, -0.2) is 23.2 Å². The summed E-state index contributed by atoms with van der Waals surface area (Å²) in [5.41, 5.74) is 0.501. The lowest BCUT2D eigenvalue weighted by molar-refractivity contribution is -0.134. The number of carbonyl (C=O) groups is 3. The van der Waals surface area contributed by atoms with Crippen molar-refractivity contribution >= 4 is 61.7 Å². The second kappa shape index (κ2) is 14.1. The molecule has 278 valence electrons. The Morgan fingerprint density at radius 2 is 1.96 bits per heavy atom. The van der Waals surface area contributed by atoms with Crippen LogP contribution in [0.2, 0.25) is 5.02 Å². The number of hydrogen-bond acceptors (Lipinski definition) is 10. The highest BCUT2D eigenvalue weighted by Crippen LogP contribution is 2.46. The van der Waals surface area contributed by atoms with E-state index in [1.165, 1.54) is 23.3 Å². The van der Waals surface area contributed by atoms with E-state index in [2.05, 4.69) is 23.9 Å². The number of thiazole rings is 1. The third-order valence-electron chi connectivity index (χ3n) is 10.3. The van der Waals surface area contributed by atoms with Crippen molar-refractivity contribution in [3.63, 3.8) is 0 Å². The molecule has 1 aromatic carbocycles. The highest BCUT2D eigenvalue weighted by atomic mass is 35.5. The predicted octanol–water partition coefficient (Wildman–Crippen LogP) is 5.24. The molecule has 13 nitrogen and oxygen atoms in total. The summed E-state index contributed by atoms with van der Waals surface area (Å²) in [6, 6.07) is 3.82. The maximum atomic E-state index is 14.2. The van der Waals surface area contributed by atoms with E-state index in [4.69, 9.17) is 31.0 Å². The van der Waals surface area contributed by atoms with Crippen LogP contribution in [-0.2, 0) is 19.6 Å². The summed E-state index contributed by atoms with van der Waals surface area (Å²) >= 11 is 8.25. The lowest BCUT2D eigenvalue weighted by Crippen LogP contribution is -2.57. The van der Waals surface area contributed by atoms with Gasteiger partial charge in [-0.2, -0.15) is 0 Å². The van der Waals surface area contributed by atoms with Gasteiger partial charge in [0, 0.05) is 42.8 Å². The second-order valence-corrected chi connectivity index (χ2v) is 17.6. The molecule has 0 spiro atoms. The van der Waals surface area contributed by atoms with Gasteiger partial charge in [0.1, 0.15) is 44.9 Å². The molecule has 4 heterocycles. The van der Waals surface area contributed by atoms with Crippen LogP contribution >= 0.6 is 22.9 Å². The molecular formula is C36H43ClN6O7S2. The SMILES string of the molecule is COc1ccc2c(O[C@H]3C[C@H]4C(=O)N(C)CCCC/C=C\[C@@H]5C[C@@]5(C(=O)NS(=O)(=O)C5CC5)NC(=O)N4C3)cc(-c3nc(C(C)C)cs3)nc2c1Cl. The predicted molar refractivity (Wildman–Crippen MR) is 198 cm³/mol. The zero-order chi connectivity index (χ0) is 36.9. The number of halogens is 1. The first-order chi connectivity index (χ1) is 24.8. The van der Waals surface area contributed by atoms with Crippen LogP contribution in [0, 0.1) is 5.92 Å². The first kappa shape index (κ1) is 36.4. The van der Waals surface area contributed by atoms with Crippen LogP contribution in [0.25, 0.3) is 21.6 Å². The van der Waals surface area contributed by atoms with Crippen LogP contribution in [0.3, 0.4) is 0 Å². The molecule has 0 bridgehead atoms. The summed E-state index contributed by atoms with van der Waals surface area (Å²) in [5.74, 6) is -0.256. The quantitative estimate of drug-likeness (QED) is 0.292. The average Bonchev–Trinajstić information content (AvgIpc) is 3.98. The molecule has 2 saturated carbocycles. The largest absolute Gasteiger partial charge is 0.495 e. The van der Waals surface area contributed by atoms with Crippen molar-refractivity contribution < 1.29 is 32.3 Å². The summed E-state index contributed by atoms with van der Waals surface area (Å²) in [7, 11) is -0.599. The van der Waals surface area contributed by atoms with Crippen molar-refractivity contribution in [3.05, 3.63) is 46.4 Å². The third-order valence-corrected chi connectivity index (χ3v) is 13.4. The normalized spacial score (nSPS) is 26.0. The zero-order valence-electron chi connectivity index (χ0n) is 29.6. The Kier molecular flexibility index (Phi) is 9.89. The average molecular weight is 771 g/mol. The fourth-order valence-electron chi connectivity index (χ4n) is 6.93. The molecule has 3 aromatic rings.